The van der Waals surface area contributed by atoms with Crippen LogP contribution in [-0.2, 0) is 4.74 Å². The number of halogens is 1. The summed E-state index contributed by atoms with van der Waals surface area (Å²) in [7, 11) is 0. The molecule has 1 atom stereocenters. The van der Waals surface area contributed by atoms with E-state index in [9.17, 15) is 0 Å². The van der Waals surface area contributed by atoms with E-state index >= 15 is 0 Å². The number of ether oxygens (including phenoxy) is 2. The number of hydrogen-bond donors (Lipinski definition) is 1. The summed E-state index contributed by atoms with van der Waals surface area (Å²) >= 11 is 6.32. The number of nitrogens with zero attached hydrogens (tertiary/aromatic N) is 4. The Hall–Kier alpha value is -3.32. The van der Waals surface area contributed by atoms with Crippen molar-refractivity contribution in [1.29, 1.82) is 0 Å². The van der Waals surface area contributed by atoms with Gasteiger partial charge in [-0.05, 0) is 62.0 Å². The molecule has 0 bridgehead atoms. The number of benzene rings is 1. The molecule has 7 nitrogen and oxygen atoms in total. The molecule has 0 spiro atoms. The fraction of sp³-hybridized carbons (Fsp3) is 0.320. The second kappa shape index (κ2) is 9.27. The van der Waals surface area contributed by atoms with Crippen LogP contribution < -0.4 is 10.1 Å². The van der Waals surface area contributed by atoms with Crippen molar-refractivity contribution in [3.63, 3.8) is 0 Å². The molecule has 1 N–H and O–H groups in total. The van der Waals surface area contributed by atoms with Crippen molar-refractivity contribution in [3.8, 4) is 5.75 Å². The molecule has 0 fully saturated rings. The minimum Gasteiger partial charge on any atom is -0.494 e. The predicted molar refractivity (Wildman–Crippen MR) is 130 cm³/mol. The minimum atomic E-state index is 0.460. The van der Waals surface area contributed by atoms with Gasteiger partial charge in [0.05, 0.1) is 18.2 Å². The molecule has 170 valence electrons. The number of rotatable bonds is 5. The molecule has 1 aliphatic carbocycles. The monoisotopic (exact) mass is 463 g/mol. The number of aromatic nitrogens is 4. The highest BCUT2D eigenvalue weighted by atomic mass is 35.5. The molecule has 0 amide bonds. The van der Waals surface area contributed by atoms with Crippen molar-refractivity contribution < 1.29 is 9.47 Å². The summed E-state index contributed by atoms with van der Waals surface area (Å²) in [5.74, 6) is 2.70. The molecule has 3 aromatic rings. The molecule has 0 radical (unpaired) electrons. The average Bonchev–Trinajstić information content (AvgIpc) is 2.99. The maximum atomic E-state index is 6.32. The summed E-state index contributed by atoms with van der Waals surface area (Å²) < 4.78 is 13.3. The maximum Gasteiger partial charge on any atom is 0.247 e. The van der Waals surface area contributed by atoms with Crippen LogP contribution in [0.5, 0.6) is 5.75 Å². The van der Waals surface area contributed by atoms with Gasteiger partial charge in [0.25, 0.3) is 0 Å². The van der Waals surface area contributed by atoms with Gasteiger partial charge in [0.15, 0.2) is 5.65 Å². The quantitative estimate of drug-likeness (QED) is 0.503. The molecule has 8 heteroatoms. The third-order valence-corrected chi connectivity index (χ3v) is 6.07. The molecule has 1 unspecified atom stereocenters. The van der Waals surface area contributed by atoms with Crippen LogP contribution in [0.25, 0.3) is 11.2 Å². The van der Waals surface area contributed by atoms with Gasteiger partial charge in [-0.25, -0.2) is 4.52 Å². The van der Waals surface area contributed by atoms with E-state index in [4.69, 9.17) is 26.1 Å². The number of nitrogens with one attached hydrogen (secondary N) is 1. The Morgan fingerprint density at radius 2 is 2.24 bits per heavy atom. The first-order chi connectivity index (χ1) is 16.1. The van der Waals surface area contributed by atoms with Crippen molar-refractivity contribution >= 4 is 34.5 Å². The van der Waals surface area contributed by atoms with Crippen LogP contribution in [0.15, 0.2) is 60.2 Å². The number of anilines is 2. The zero-order chi connectivity index (χ0) is 22.8. The van der Waals surface area contributed by atoms with E-state index in [1.165, 1.54) is 5.57 Å². The second-order valence-electron chi connectivity index (χ2n) is 8.30. The zero-order valence-corrected chi connectivity index (χ0v) is 19.5. The summed E-state index contributed by atoms with van der Waals surface area (Å²) in [4.78, 5) is 9.34. The number of hydrogen-bond acceptors (Lipinski definition) is 6. The molecular formula is C25H26ClN5O2. The van der Waals surface area contributed by atoms with Crippen LogP contribution in [0.4, 0.5) is 11.6 Å². The Balaban J connectivity index is 1.47. The summed E-state index contributed by atoms with van der Waals surface area (Å²) in [5, 5.41) is 8.32. The van der Waals surface area contributed by atoms with Crippen LogP contribution >= 0.6 is 11.6 Å². The Morgan fingerprint density at radius 3 is 3.09 bits per heavy atom. The lowest BCUT2D eigenvalue weighted by molar-refractivity contribution is 0.214. The fourth-order valence-corrected chi connectivity index (χ4v) is 4.38. The van der Waals surface area contributed by atoms with E-state index in [2.05, 4.69) is 40.6 Å². The maximum absolute atomic E-state index is 6.32. The molecule has 3 heterocycles. The third kappa shape index (κ3) is 4.59. The van der Waals surface area contributed by atoms with Gasteiger partial charge in [-0.2, -0.15) is 4.98 Å². The first-order valence-corrected chi connectivity index (χ1v) is 11.6. The van der Waals surface area contributed by atoms with Gasteiger partial charge in [-0.15, -0.1) is 5.10 Å². The summed E-state index contributed by atoms with van der Waals surface area (Å²) in [6.45, 7) is 5.50. The third-order valence-electron chi connectivity index (χ3n) is 5.78. The van der Waals surface area contributed by atoms with Crippen molar-refractivity contribution in [3.05, 3.63) is 70.9 Å². The first-order valence-electron chi connectivity index (χ1n) is 11.2. The number of fused-ring (bicyclic) bond motifs is 1. The first kappa shape index (κ1) is 21.5. The Bertz CT molecular complexity index is 1280. The van der Waals surface area contributed by atoms with Crippen molar-refractivity contribution in [2.24, 2.45) is 5.92 Å². The average molecular weight is 464 g/mol. The molecule has 33 heavy (non-hydrogen) atoms. The molecule has 1 aliphatic heterocycles. The van der Waals surface area contributed by atoms with E-state index in [0.717, 1.165) is 48.6 Å². The van der Waals surface area contributed by atoms with Gasteiger partial charge in [0.2, 0.25) is 5.95 Å². The van der Waals surface area contributed by atoms with Gasteiger partial charge in [-0.1, -0.05) is 30.7 Å². The lowest BCUT2D eigenvalue weighted by Gasteiger charge is -2.08. The summed E-state index contributed by atoms with van der Waals surface area (Å²) in [6.07, 6.45) is 12.9. The van der Waals surface area contributed by atoms with Gasteiger partial charge in [0, 0.05) is 23.7 Å². The topological polar surface area (TPSA) is 73.6 Å². The van der Waals surface area contributed by atoms with Crippen LogP contribution in [-0.4, -0.2) is 32.8 Å². The van der Waals surface area contributed by atoms with Gasteiger partial charge >= 0.3 is 0 Å². The Morgan fingerprint density at radius 1 is 1.33 bits per heavy atom. The smallest absolute Gasteiger partial charge is 0.247 e. The summed E-state index contributed by atoms with van der Waals surface area (Å²) in [6, 6.07) is 5.51. The van der Waals surface area contributed by atoms with Gasteiger partial charge in [0.1, 0.15) is 17.2 Å². The van der Waals surface area contributed by atoms with Crippen molar-refractivity contribution in [2.45, 2.75) is 33.1 Å². The highest BCUT2D eigenvalue weighted by Crippen LogP contribution is 2.33. The van der Waals surface area contributed by atoms with Crippen LogP contribution in [0.2, 0.25) is 5.02 Å². The SMILES string of the molecule is CCOc1ccc(Nc2nc3c(C4=CC5=C(CC=C4)CC(C)CCO5)nccn3n2)cc1Cl. The van der Waals surface area contributed by atoms with E-state index in [0.29, 0.717) is 34.9 Å². The molecule has 0 saturated heterocycles. The molecule has 1 aromatic carbocycles. The molecule has 2 aromatic heterocycles. The molecule has 0 saturated carbocycles. The minimum absolute atomic E-state index is 0.460. The second-order valence-corrected chi connectivity index (χ2v) is 8.71. The van der Waals surface area contributed by atoms with Crippen molar-refractivity contribution in [1.82, 2.24) is 19.6 Å². The fourth-order valence-electron chi connectivity index (χ4n) is 4.14. The number of allylic oxidation sites excluding steroid dienone is 5. The van der Waals surface area contributed by atoms with Crippen molar-refractivity contribution in [2.75, 3.05) is 18.5 Å². The standard InChI is InChI=1S/C25H26ClN5O2/c1-3-32-21-8-7-19(15-20(21)26)28-25-29-24-23(27-10-11-31(24)30-25)18-6-4-5-17-13-16(2)9-12-33-22(17)14-18/h4,6-8,10-11,14-16H,3,5,9,12-13H2,1-2H3,(H,28,30). The predicted octanol–water partition coefficient (Wildman–Crippen LogP) is 5.96. The summed E-state index contributed by atoms with van der Waals surface area (Å²) in [5.41, 5.74) is 4.50. The molecule has 2 aliphatic rings. The highest BCUT2D eigenvalue weighted by molar-refractivity contribution is 6.32. The highest BCUT2D eigenvalue weighted by Gasteiger charge is 2.20. The van der Waals surface area contributed by atoms with E-state index in [1.807, 2.05) is 19.1 Å². The lowest BCUT2D eigenvalue weighted by atomic mass is 9.97. The van der Waals surface area contributed by atoms with Crippen LogP contribution in [0.3, 0.4) is 0 Å². The van der Waals surface area contributed by atoms with Gasteiger partial charge in [-0.3, -0.25) is 4.98 Å². The Labute approximate surface area is 197 Å². The molecular weight excluding hydrogens is 438 g/mol. The lowest BCUT2D eigenvalue weighted by Crippen LogP contribution is -1.97. The van der Waals surface area contributed by atoms with Crippen LogP contribution in [0.1, 0.15) is 38.8 Å². The normalized spacial score (nSPS) is 18.3. The van der Waals surface area contributed by atoms with Crippen LogP contribution in [0, 0.1) is 5.92 Å². The zero-order valence-electron chi connectivity index (χ0n) is 18.7. The van der Waals surface area contributed by atoms with E-state index < -0.39 is 0 Å². The van der Waals surface area contributed by atoms with Gasteiger partial charge < -0.3 is 14.8 Å². The van der Waals surface area contributed by atoms with E-state index in [-0.39, 0.29) is 0 Å². The Kier molecular flexibility index (Phi) is 6.05. The van der Waals surface area contributed by atoms with E-state index in [1.54, 1.807) is 23.0 Å². The largest absolute Gasteiger partial charge is 0.494 e. The molecule has 5 rings (SSSR count).